The second-order valence-corrected chi connectivity index (χ2v) is 3.16. The molecule has 0 bridgehead atoms. The molecule has 1 aromatic heterocycles. The standard InChI is InChI=1S/C9H10N2O/c1-6(12)8-4-11-9(5-10-8)7-2-3-7/h4-5,7H,2-3H2,1H3. The lowest BCUT2D eigenvalue weighted by Gasteiger charge is -1.96. The summed E-state index contributed by atoms with van der Waals surface area (Å²) in [5.41, 5.74) is 1.49. The molecule has 0 unspecified atom stereocenters. The van der Waals surface area contributed by atoms with Crippen LogP contribution in [-0.4, -0.2) is 15.8 Å². The smallest absolute Gasteiger partial charge is 0.179 e. The van der Waals surface area contributed by atoms with Gasteiger partial charge in [0.2, 0.25) is 0 Å². The molecule has 0 spiro atoms. The SMILES string of the molecule is CC(=O)c1cnc(C2CC2)cn1. The number of nitrogens with zero attached hydrogens (tertiary/aromatic N) is 2. The Bertz CT molecular complexity index is 301. The number of ketones is 1. The summed E-state index contributed by atoms with van der Waals surface area (Å²) in [4.78, 5) is 19.0. The Hall–Kier alpha value is -1.25. The van der Waals surface area contributed by atoms with Crippen molar-refractivity contribution in [2.24, 2.45) is 0 Å². The normalized spacial score (nSPS) is 16.1. The van der Waals surface area contributed by atoms with Crippen molar-refractivity contribution in [2.75, 3.05) is 0 Å². The highest BCUT2D eigenvalue weighted by Gasteiger charge is 2.25. The minimum Gasteiger partial charge on any atom is -0.293 e. The molecule has 0 radical (unpaired) electrons. The third-order valence-corrected chi connectivity index (χ3v) is 2.03. The lowest BCUT2D eigenvalue weighted by Crippen LogP contribution is -1.99. The van der Waals surface area contributed by atoms with E-state index in [0.717, 1.165) is 5.69 Å². The number of carbonyl (C=O) groups is 1. The van der Waals surface area contributed by atoms with Gasteiger partial charge >= 0.3 is 0 Å². The number of hydrogen-bond acceptors (Lipinski definition) is 3. The van der Waals surface area contributed by atoms with Crippen LogP contribution in [0.4, 0.5) is 0 Å². The second kappa shape index (κ2) is 2.66. The quantitative estimate of drug-likeness (QED) is 0.620. The van der Waals surface area contributed by atoms with Gasteiger partial charge in [0.05, 0.1) is 11.9 Å². The third kappa shape index (κ3) is 1.35. The van der Waals surface area contributed by atoms with Crippen molar-refractivity contribution in [2.45, 2.75) is 25.7 Å². The fourth-order valence-electron chi connectivity index (χ4n) is 1.11. The van der Waals surface area contributed by atoms with Crippen LogP contribution in [0.2, 0.25) is 0 Å². The summed E-state index contributed by atoms with van der Waals surface area (Å²) in [6.07, 6.45) is 5.71. The number of rotatable bonds is 2. The Morgan fingerprint density at radius 1 is 1.42 bits per heavy atom. The zero-order chi connectivity index (χ0) is 8.55. The molecule has 62 valence electrons. The van der Waals surface area contributed by atoms with Gasteiger partial charge in [0, 0.05) is 19.0 Å². The molecule has 3 heteroatoms. The van der Waals surface area contributed by atoms with Crippen LogP contribution in [0.15, 0.2) is 12.4 Å². The van der Waals surface area contributed by atoms with Gasteiger partial charge in [0.15, 0.2) is 5.78 Å². The monoisotopic (exact) mass is 162 g/mol. The fraction of sp³-hybridized carbons (Fsp3) is 0.444. The van der Waals surface area contributed by atoms with E-state index in [2.05, 4.69) is 9.97 Å². The van der Waals surface area contributed by atoms with Crippen LogP contribution in [-0.2, 0) is 0 Å². The molecule has 0 aromatic carbocycles. The zero-order valence-corrected chi connectivity index (χ0v) is 6.95. The molecule has 1 aliphatic rings. The van der Waals surface area contributed by atoms with Gasteiger partial charge in [-0.15, -0.1) is 0 Å². The molecule has 12 heavy (non-hydrogen) atoms. The zero-order valence-electron chi connectivity index (χ0n) is 6.95. The summed E-state index contributed by atoms with van der Waals surface area (Å²) in [5, 5.41) is 0. The molecule has 1 fully saturated rings. The maximum Gasteiger partial charge on any atom is 0.179 e. The second-order valence-electron chi connectivity index (χ2n) is 3.16. The van der Waals surface area contributed by atoms with E-state index in [-0.39, 0.29) is 5.78 Å². The molecule has 0 amide bonds. The lowest BCUT2D eigenvalue weighted by molar-refractivity contribution is 0.101. The highest BCUT2D eigenvalue weighted by molar-refractivity contribution is 5.91. The third-order valence-electron chi connectivity index (χ3n) is 2.03. The van der Waals surface area contributed by atoms with Crippen molar-refractivity contribution < 1.29 is 4.79 Å². The molecule has 2 rings (SSSR count). The Kier molecular flexibility index (Phi) is 1.64. The largest absolute Gasteiger partial charge is 0.293 e. The Morgan fingerprint density at radius 3 is 2.58 bits per heavy atom. The average molecular weight is 162 g/mol. The van der Waals surface area contributed by atoms with Gasteiger partial charge in [-0.1, -0.05) is 0 Å². The summed E-state index contributed by atoms with van der Waals surface area (Å²) >= 11 is 0. The molecule has 1 saturated carbocycles. The highest BCUT2D eigenvalue weighted by atomic mass is 16.1. The molecule has 1 aromatic rings. The summed E-state index contributed by atoms with van der Waals surface area (Å²) in [7, 11) is 0. The van der Waals surface area contributed by atoms with Crippen LogP contribution in [0.3, 0.4) is 0 Å². The summed E-state index contributed by atoms with van der Waals surface area (Å²) in [5.74, 6) is 0.586. The molecular formula is C9H10N2O. The topological polar surface area (TPSA) is 42.9 Å². The van der Waals surface area contributed by atoms with E-state index >= 15 is 0 Å². The van der Waals surface area contributed by atoms with Crippen LogP contribution in [0.5, 0.6) is 0 Å². The van der Waals surface area contributed by atoms with Crippen LogP contribution >= 0.6 is 0 Å². The van der Waals surface area contributed by atoms with Crippen LogP contribution in [0.25, 0.3) is 0 Å². The summed E-state index contributed by atoms with van der Waals surface area (Å²) in [6, 6.07) is 0. The number of carbonyl (C=O) groups excluding carboxylic acids is 1. The first-order valence-corrected chi connectivity index (χ1v) is 4.10. The molecule has 3 nitrogen and oxygen atoms in total. The van der Waals surface area contributed by atoms with Crippen molar-refractivity contribution in [1.82, 2.24) is 9.97 Å². The van der Waals surface area contributed by atoms with Crippen LogP contribution in [0, 0.1) is 0 Å². The van der Waals surface area contributed by atoms with Crippen molar-refractivity contribution in [3.05, 3.63) is 23.8 Å². The number of hydrogen-bond donors (Lipinski definition) is 0. The minimum absolute atomic E-state index is 0.0233. The minimum atomic E-state index is -0.0233. The average Bonchev–Trinajstić information content (AvgIpc) is 2.87. The van der Waals surface area contributed by atoms with Gasteiger partial charge in [0.25, 0.3) is 0 Å². The molecule has 0 aliphatic heterocycles. The van der Waals surface area contributed by atoms with Gasteiger partial charge in [-0.3, -0.25) is 9.78 Å². The summed E-state index contributed by atoms with van der Waals surface area (Å²) in [6.45, 7) is 1.50. The van der Waals surface area contributed by atoms with Gasteiger partial charge in [0.1, 0.15) is 5.69 Å². The first-order valence-electron chi connectivity index (χ1n) is 4.10. The predicted octanol–water partition coefficient (Wildman–Crippen LogP) is 1.56. The molecule has 1 heterocycles. The Balaban J connectivity index is 2.24. The van der Waals surface area contributed by atoms with Crippen LogP contribution < -0.4 is 0 Å². The number of Topliss-reactive ketones (excluding diaryl/α,β-unsaturated/α-hetero) is 1. The molecule has 0 saturated heterocycles. The van der Waals surface area contributed by atoms with Crippen molar-refractivity contribution in [3.8, 4) is 0 Å². The van der Waals surface area contributed by atoms with Crippen LogP contribution in [0.1, 0.15) is 41.9 Å². The number of aromatic nitrogens is 2. The fourth-order valence-corrected chi connectivity index (χ4v) is 1.11. The van der Waals surface area contributed by atoms with Gasteiger partial charge < -0.3 is 0 Å². The first-order chi connectivity index (χ1) is 5.77. The van der Waals surface area contributed by atoms with E-state index in [1.807, 2.05) is 0 Å². The Labute approximate surface area is 70.9 Å². The first kappa shape index (κ1) is 7.40. The van der Waals surface area contributed by atoms with E-state index in [0.29, 0.717) is 11.6 Å². The van der Waals surface area contributed by atoms with Crippen molar-refractivity contribution in [1.29, 1.82) is 0 Å². The van der Waals surface area contributed by atoms with E-state index in [9.17, 15) is 4.79 Å². The predicted molar refractivity (Wildman–Crippen MR) is 44.0 cm³/mol. The lowest BCUT2D eigenvalue weighted by atomic mass is 10.3. The van der Waals surface area contributed by atoms with E-state index in [1.165, 1.54) is 19.8 Å². The Morgan fingerprint density at radius 2 is 2.17 bits per heavy atom. The van der Waals surface area contributed by atoms with Crippen molar-refractivity contribution in [3.63, 3.8) is 0 Å². The maximum absolute atomic E-state index is 10.8. The van der Waals surface area contributed by atoms with Gasteiger partial charge in [-0.2, -0.15) is 0 Å². The molecule has 0 atom stereocenters. The van der Waals surface area contributed by atoms with E-state index in [4.69, 9.17) is 0 Å². The van der Waals surface area contributed by atoms with Gasteiger partial charge in [-0.05, 0) is 12.8 Å². The molecule has 1 aliphatic carbocycles. The van der Waals surface area contributed by atoms with E-state index in [1.54, 1.807) is 12.4 Å². The highest BCUT2D eigenvalue weighted by Crippen LogP contribution is 2.38. The maximum atomic E-state index is 10.8. The van der Waals surface area contributed by atoms with E-state index < -0.39 is 0 Å². The summed E-state index contributed by atoms with van der Waals surface area (Å²) < 4.78 is 0. The molecular weight excluding hydrogens is 152 g/mol. The van der Waals surface area contributed by atoms with Gasteiger partial charge in [-0.25, -0.2) is 4.98 Å². The molecule has 0 N–H and O–H groups in total. The van der Waals surface area contributed by atoms with Crippen molar-refractivity contribution >= 4 is 5.78 Å².